The van der Waals surface area contributed by atoms with Gasteiger partial charge >= 0.3 is 0 Å². The summed E-state index contributed by atoms with van der Waals surface area (Å²) in [5, 5.41) is 9.45. The van der Waals surface area contributed by atoms with Gasteiger partial charge in [-0.1, -0.05) is 108 Å². The minimum atomic E-state index is -0.0458. The molecule has 4 heteroatoms. The van der Waals surface area contributed by atoms with E-state index in [1.807, 2.05) is 30.3 Å². The van der Waals surface area contributed by atoms with Crippen molar-refractivity contribution in [1.29, 1.82) is 5.41 Å². The molecule has 0 radical (unpaired) electrons. The Hall–Kier alpha value is -3.63. The molecule has 4 aromatic rings. The molecule has 1 N–H and O–H groups in total. The lowest BCUT2D eigenvalue weighted by Gasteiger charge is -2.29. The van der Waals surface area contributed by atoms with Gasteiger partial charge in [-0.2, -0.15) is 0 Å². The van der Waals surface area contributed by atoms with Crippen LogP contribution >= 0.6 is 11.8 Å². The number of aryl methyl sites for hydroxylation is 1. The van der Waals surface area contributed by atoms with Crippen LogP contribution in [0.1, 0.15) is 22.7 Å². The summed E-state index contributed by atoms with van der Waals surface area (Å²) in [6.45, 7) is 2.09. The van der Waals surface area contributed by atoms with E-state index in [0.717, 1.165) is 22.6 Å². The number of para-hydroxylation sites is 1. The van der Waals surface area contributed by atoms with Crippen molar-refractivity contribution in [1.82, 2.24) is 0 Å². The first-order valence-electron chi connectivity index (χ1n) is 11.1. The Balaban J connectivity index is 1.67. The number of anilines is 1. The number of nitrogens with one attached hydrogen (secondary N) is 1. The Bertz CT molecular complexity index is 1250. The maximum Gasteiger partial charge on any atom is 0.162 e. The van der Waals surface area contributed by atoms with E-state index in [2.05, 4.69) is 96.8 Å². The standard InChI is InChI=1S/C29H25N3S/c1-21-17-19-24(20-18-21)31-26(22-11-5-2-6-12-22)28-27(23-13-7-3-8-14-23)32(29(30)33-28)25-15-9-4-10-16-25/h2-20,27-28,30H,1H3/t27-,28+/m1/s1. The molecule has 162 valence electrons. The van der Waals surface area contributed by atoms with Crippen LogP contribution in [0.4, 0.5) is 11.4 Å². The first-order chi connectivity index (χ1) is 16.2. The van der Waals surface area contributed by atoms with Crippen LogP contribution in [0.2, 0.25) is 0 Å². The molecule has 0 spiro atoms. The first kappa shape index (κ1) is 21.2. The highest BCUT2D eigenvalue weighted by Crippen LogP contribution is 2.45. The van der Waals surface area contributed by atoms with E-state index in [9.17, 15) is 0 Å². The van der Waals surface area contributed by atoms with Gasteiger partial charge < -0.3 is 4.90 Å². The number of nitrogens with zero attached hydrogens (tertiary/aromatic N) is 2. The van der Waals surface area contributed by atoms with Crippen molar-refractivity contribution in [2.45, 2.75) is 18.2 Å². The highest BCUT2D eigenvalue weighted by atomic mass is 32.2. The van der Waals surface area contributed by atoms with Crippen molar-refractivity contribution in [2.24, 2.45) is 4.99 Å². The fourth-order valence-electron chi connectivity index (χ4n) is 4.21. The topological polar surface area (TPSA) is 39.5 Å². The van der Waals surface area contributed by atoms with Crippen LogP contribution in [0.25, 0.3) is 0 Å². The summed E-state index contributed by atoms with van der Waals surface area (Å²) >= 11 is 1.58. The minimum Gasteiger partial charge on any atom is -0.312 e. The summed E-state index contributed by atoms with van der Waals surface area (Å²) < 4.78 is 0. The molecule has 4 aromatic carbocycles. The third-order valence-electron chi connectivity index (χ3n) is 5.82. The van der Waals surface area contributed by atoms with Crippen molar-refractivity contribution in [3.05, 3.63) is 132 Å². The molecule has 1 heterocycles. The molecule has 0 amide bonds. The van der Waals surface area contributed by atoms with E-state index in [1.54, 1.807) is 11.8 Å². The normalized spacial score (nSPS) is 18.5. The quantitative estimate of drug-likeness (QED) is 0.323. The maximum absolute atomic E-state index is 8.95. The fraction of sp³-hybridized carbons (Fsp3) is 0.103. The third-order valence-corrected chi connectivity index (χ3v) is 6.98. The molecule has 1 fully saturated rings. The van der Waals surface area contributed by atoms with Gasteiger partial charge in [-0.3, -0.25) is 10.4 Å². The van der Waals surface area contributed by atoms with Gasteiger partial charge in [0.25, 0.3) is 0 Å². The molecule has 1 aliphatic heterocycles. The van der Waals surface area contributed by atoms with E-state index in [4.69, 9.17) is 10.4 Å². The second kappa shape index (κ2) is 9.47. The summed E-state index contributed by atoms with van der Waals surface area (Å²) in [6.07, 6.45) is 0. The average Bonchev–Trinajstić information content (AvgIpc) is 3.22. The van der Waals surface area contributed by atoms with Crippen LogP contribution in [0, 0.1) is 12.3 Å². The Labute approximate surface area is 199 Å². The predicted octanol–water partition coefficient (Wildman–Crippen LogP) is 7.41. The molecule has 0 aliphatic carbocycles. The van der Waals surface area contributed by atoms with Crippen molar-refractivity contribution in [3.8, 4) is 0 Å². The Morgan fingerprint density at radius 1 is 0.758 bits per heavy atom. The highest BCUT2D eigenvalue weighted by molar-refractivity contribution is 8.15. The van der Waals surface area contributed by atoms with E-state index >= 15 is 0 Å². The lowest BCUT2D eigenvalue weighted by molar-refractivity contribution is 0.775. The van der Waals surface area contributed by atoms with Crippen molar-refractivity contribution in [3.63, 3.8) is 0 Å². The zero-order chi connectivity index (χ0) is 22.6. The van der Waals surface area contributed by atoms with Gasteiger partial charge in [0.2, 0.25) is 0 Å². The van der Waals surface area contributed by atoms with Gasteiger partial charge in [0.15, 0.2) is 5.17 Å². The van der Waals surface area contributed by atoms with Crippen molar-refractivity contribution < 1.29 is 0 Å². The molecule has 3 nitrogen and oxygen atoms in total. The number of hydrogen-bond acceptors (Lipinski definition) is 3. The zero-order valence-electron chi connectivity index (χ0n) is 18.4. The largest absolute Gasteiger partial charge is 0.312 e. The van der Waals surface area contributed by atoms with Crippen LogP contribution < -0.4 is 4.90 Å². The third kappa shape index (κ3) is 4.48. The minimum absolute atomic E-state index is 0.0381. The lowest BCUT2D eigenvalue weighted by Crippen LogP contribution is -2.33. The number of thioether (sulfide) groups is 1. The van der Waals surface area contributed by atoms with Crippen molar-refractivity contribution >= 4 is 34.0 Å². The SMILES string of the molecule is Cc1ccc(N=C(c2ccccc2)[C@@H]2SC(=N)N(c3ccccc3)[C@@H]2c2ccccc2)cc1. The van der Waals surface area contributed by atoms with E-state index in [-0.39, 0.29) is 11.3 Å². The first-order valence-corrected chi connectivity index (χ1v) is 11.9. The molecule has 0 saturated carbocycles. The van der Waals surface area contributed by atoms with Crippen LogP contribution in [-0.4, -0.2) is 16.1 Å². The molecular weight excluding hydrogens is 422 g/mol. The van der Waals surface area contributed by atoms with Gasteiger partial charge in [-0.15, -0.1) is 0 Å². The molecular formula is C29H25N3S. The highest BCUT2D eigenvalue weighted by Gasteiger charge is 2.43. The summed E-state index contributed by atoms with van der Waals surface area (Å²) in [4.78, 5) is 7.30. The van der Waals surface area contributed by atoms with Crippen LogP contribution in [0.3, 0.4) is 0 Å². The van der Waals surface area contributed by atoms with Gasteiger partial charge in [-0.05, 0) is 42.3 Å². The molecule has 5 rings (SSSR count). The van der Waals surface area contributed by atoms with Gasteiger partial charge in [0.05, 0.1) is 22.7 Å². The van der Waals surface area contributed by atoms with Crippen LogP contribution in [0.15, 0.2) is 120 Å². The lowest BCUT2D eigenvalue weighted by atomic mass is 9.95. The smallest absolute Gasteiger partial charge is 0.162 e. The molecule has 1 aliphatic rings. The molecule has 0 bridgehead atoms. The summed E-state index contributed by atoms with van der Waals surface area (Å²) in [7, 11) is 0. The molecule has 0 aromatic heterocycles. The van der Waals surface area contributed by atoms with E-state index < -0.39 is 0 Å². The molecule has 2 atom stereocenters. The molecule has 0 unspecified atom stereocenters. The number of amidine groups is 1. The predicted molar refractivity (Wildman–Crippen MR) is 141 cm³/mol. The molecule has 1 saturated heterocycles. The second-order valence-electron chi connectivity index (χ2n) is 8.10. The van der Waals surface area contributed by atoms with Crippen LogP contribution in [-0.2, 0) is 0 Å². The summed E-state index contributed by atoms with van der Waals surface area (Å²) in [5.41, 5.74) is 6.41. The Kier molecular flexibility index (Phi) is 6.09. The number of aliphatic imine (C=N–C) groups is 1. The number of hydrogen-bond donors (Lipinski definition) is 1. The number of benzene rings is 4. The zero-order valence-corrected chi connectivity index (χ0v) is 19.2. The monoisotopic (exact) mass is 447 g/mol. The Morgan fingerprint density at radius 2 is 1.33 bits per heavy atom. The molecule has 33 heavy (non-hydrogen) atoms. The summed E-state index contributed by atoms with van der Waals surface area (Å²) in [6, 6.07) is 39.4. The summed E-state index contributed by atoms with van der Waals surface area (Å²) in [5.74, 6) is 0. The number of rotatable bonds is 5. The van der Waals surface area contributed by atoms with E-state index in [1.165, 1.54) is 11.1 Å². The maximum atomic E-state index is 8.95. The van der Waals surface area contributed by atoms with Gasteiger partial charge in [-0.25, -0.2) is 0 Å². The van der Waals surface area contributed by atoms with Crippen molar-refractivity contribution in [2.75, 3.05) is 4.90 Å². The second-order valence-corrected chi connectivity index (χ2v) is 9.23. The van der Waals surface area contributed by atoms with Gasteiger partial charge in [0.1, 0.15) is 0 Å². The van der Waals surface area contributed by atoms with Crippen LogP contribution in [0.5, 0.6) is 0 Å². The van der Waals surface area contributed by atoms with E-state index in [0.29, 0.717) is 5.17 Å². The average molecular weight is 448 g/mol. The fourth-order valence-corrected chi connectivity index (χ4v) is 5.49. The van der Waals surface area contributed by atoms with Gasteiger partial charge in [0, 0.05) is 5.69 Å². The Morgan fingerprint density at radius 3 is 1.97 bits per heavy atom.